The second kappa shape index (κ2) is 4.53. The number of carbonyl (C=O) groups is 1. The predicted molar refractivity (Wildman–Crippen MR) is 73.6 cm³/mol. The number of aromatic amines is 1. The maximum absolute atomic E-state index is 11.4. The molecule has 0 bridgehead atoms. The lowest BCUT2D eigenvalue weighted by Crippen LogP contribution is -1.97. The smallest absolute Gasteiger partial charge is 0.159 e. The first kappa shape index (κ1) is 11.4. The van der Waals surface area contributed by atoms with Gasteiger partial charge in [0.15, 0.2) is 5.78 Å². The van der Waals surface area contributed by atoms with E-state index in [2.05, 4.69) is 20.3 Å². The molecule has 0 fully saturated rings. The van der Waals surface area contributed by atoms with Gasteiger partial charge in [0, 0.05) is 17.4 Å². The highest BCUT2D eigenvalue weighted by Crippen LogP contribution is 2.22. The summed E-state index contributed by atoms with van der Waals surface area (Å²) in [6, 6.07) is 9.25. The third-order valence-electron chi connectivity index (χ3n) is 2.89. The molecule has 3 aromatic rings. The van der Waals surface area contributed by atoms with Crippen LogP contribution in [0, 0.1) is 0 Å². The van der Waals surface area contributed by atoms with E-state index in [-0.39, 0.29) is 5.78 Å². The zero-order valence-corrected chi connectivity index (χ0v) is 10.3. The summed E-state index contributed by atoms with van der Waals surface area (Å²) in [5, 5.41) is 4.12. The van der Waals surface area contributed by atoms with Gasteiger partial charge in [-0.25, -0.2) is 9.97 Å². The molecule has 0 spiro atoms. The van der Waals surface area contributed by atoms with Crippen molar-refractivity contribution >= 4 is 28.3 Å². The molecule has 19 heavy (non-hydrogen) atoms. The minimum absolute atomic E-state index is 0.0399. The molecule has 2 N–H and O–H groups in total. The summed E-state index contributed by atoms with van der Waals surface area (Å²) < 4.78 is 0. The number of hydrogen-bond acceptors (Lipinski definition) is 4. The number of carbonyl (C=O) groups excluding carboxylic acids is 1. The Kier molecular flexibility index (Phi) is 2.72. The van der Waals surface area contributed by atoms with Crippen LogP contribution in [0.1, 0.15) is 17.3 Å². The summed E-state index contributed by atoms with van der Waals surface area (Å²) in [6.45, 7) is 1.55. The number of nitrogens with zero attached hydrogens (tertiary/aromatic N) is 2. The van der Waals surface area contributed by atoms with E-state index >= 15 is 0 Å². The number of Topliss-reactive ketones (excluding diaryl/α,β-unsaturated/α-hetero) is 1. The highest BCUT2D eigenvalue weighted by molar-refractivity contribution is 5.95. The Balaban J connectivity index is 1.99. The van der Waals surface area contributed by atoms with Crippen LogP contribution in [0.15, 0.2) is 42.9 Å². The van der Waals surface area contributed by atoms with E-state index in [1.165, 1.54) is 6.33 Å². The van der Waals surface area contributed by atoms with Crippen LogP contribution in [0.25, 0.3) is 11.0 Å². The largest absolute Gasteiger partial charge is 0.346 e. The maximum Gasteiger partial charge on any atom is 0.159 e. The van der Waals surface area contributed by atoms with Gasteiger partial charge in [-0.3, -0.25) is 4.79 Å². The van der Waals surface area contributed by atoms with Gasteiger partial charge in [-0.1, -0.05) is 12.1 Å². The van der Waals surface area contributed by atoms with Crippen molar-refractivity contribution in [1.82, 2.24) is 15.0 Å². The van der Waals surface area contributed by atoms with E-state index in [0.29, 0.717) is 11.4 Å². The first-order chi connectivity index (χ1) is 9.24. The number of anilines is 2. The molecule has 2 heterocycles. The van der Waals surface area contributed by atoms with Crippen molar-refractivity contribution in [2.75, 3.05) is 5.32 Å². The SMILES string of the molecule is CC(=O)c1cccc(Nc2ncnc3[nH]ccc23)c1. The van der Waals surface area contributed by atoms with Crippen molar-refractivity contribution in [1.29, 1.82) is 0 Å². The van der Waals surface area contributed by atoms with Gasteiger partial charge in [0.1, 0.15) is 17.8 Å². The standard InChI is InChI=1S/C14H12N4O/c1-9(19)10-3-2-4-11(7-10)18-14-12-5-6-15-13(12)16-8-17-14/h2-8H,1H3,(H2,15,16,17,18). The van der Waals surface area contributed by atoms with Crippen LogP contribution in [-0.4, -0.2) is 20.7 Å². The minimum atomic E-state index is 0.0399. The van der Waals surface area contributed by atoms with Crippen molar-refractivity contribution in [2.24, 2.45) is 0 Å². The Labute approximate surface area is 109 Å². The molecule has 5 heteroatoms. The quantitative estimate of drug-likeness (QED) is 0.703. The van der Waals surface area contributed by atoms with E-state index in [9.17, 15) is 4.79 Å². The van der Waals surface area contributed by atoms with E-state index in [0.717, 1.165) is 16.7 Å². The van der Waals surface area contributed by atoms with Crippen LogP contribution in [0.5, 0.6) is 0 Å². The van der Waals surface area contributed by atoms with Gasteiger partial charge in [-0.2, -0.15) is 0 Å². The predicted octanol–water partition coefficient (Wildman–Crippen LogP) is 2.90. The molecule has 0 aliphatic rings. The van der Waals surface area contributed by atoms with Crippen molar-refractivity contribution in [2.45, 2.75) is 6.92 Å². The summed E-state index contributed by atoms with van der Waals surface area (Å²) in [4.78, 5) is 22.7. The first-order valence-corrected chi connectivity index (χ1v) is 5.90. The molecule has 0 saturated heterocycles. The van der Waals surface area contributed by atoms with Crippen molar-refractivity contribution in [3.8, 4) is 0 Å². The highest BCUT2D eigenvalue weighted by Gasteiger charge is 2.05. The van der Waals surface area contributed by atoms with Gasteiger partial charge in [-0.05, 0) is 25.1 Å². The van der Waals surface area contributed by atoms with Gasteiger partial charge < -0.3 is 10.3 Å². The van der Waals surface area contributed by atoms with Crippen LogP contribution >= 0.6 is 0 Å². The fourth-order valence-electron chi connectivity index (χ4n) is 1.92. The Bertz CT molecular complexity index is 748. The molecule has 0 amide bonds. The Hall–Kier alpha value is -2.69. The minimum Gasteiger partial charge on any atom is -0.346 e. The van der Waals surface area contributed by atoms with E-state index in [1.807, 2.05) is 30.5 Å². The second-order valence-corrected chi connectivity index (χ2v) is 4.22. The maximum atomic E-state index is 11.4. The van der Waals surface area contributed by atoms with Crippen LogP contribution in [0.3, 0.4) is 0 Å². The van der Waals surface area contributed by atoms with E-state index in [4.69, 9.17) is 0 Å². The molecule has 0 unspecified atom stereocenters. The summed E-state index contributed by atoms with van der Waals surface area (Å²) in [5.74, 6) is 0.755. The lowest BCUT2D eigenvalue weighted by Gasteiger charge is -2.07. The third kappa shape index (κ3) is 2.18. The van der Waals surface area contributed by atoms with E-state index < -0.39 is 0 Å². The fourth-order valence-corrected chi connectivity index (χ4v) is 1.92. The second-order valence-electron chi connectivity index (χ2n) is 4.22. The summed E-state index contributed by atoms with van der Waals surface area (Å²) in [5.41, 5.74) is 2.28. The molecule has 0 aliphatic carbocycles. The number of benzene rings is 1. The van der Waals surface area contributed by atoms with Crippen LogP contribution in [-0.2, 0) is 0 Å². The molecule has 3 rings (SSSR count). The molecule has 0 saturated carbocycles. The average molecular weight is 252 g/mol. The number of hydrogen-bond donors (Lipinski definition) is 2. The number of nitrogens with one attached hydrogen (secondary N) is 2. The van der Waals surface area contributed by atoms with E-state index in [1.54, 1.807) is 13.0 Å². The number of aromatic nitrogens is 3. The zero-order chi connectivity index (χ0) is 13.2. The number of rotatable bonds is 3. The topological polar surface area (TPSA) is 70.7 Å². The lowest BCUT2D eigenvalue weighted by atomic mass is 10.1. The van der Waals surface area contributed by atoms with Crippen LogP contribution in [0.2, 0.25) is 0 Å². The third-order valence-corrected chi connectivity index (χ3v) is 2.89. The normalized spacial score (nSPS) is 10.6. The molecule has 0 atom stereocenters. The summed E-state index contributed by atoms with van der Waals surface area (Å²) in [7, 11) is 0. The molecular weight excluding hydrogens is 240 g/mol. The van der Waals surface area contributed by atoms with Gasteiger partial charge in [0.05, 0.1) is 5.39 Å². The van der Waals surface area contributed by atoms with Crippen molar-refractivity contribution < 1.29 is 4.79 Å². The molecule has 1 aromatic carbocycles. The van der Waals surface area contributed by atoms with Gasteiger partial charge in [0.2, 0.25) is 0 Å². The lowest BCUT2D eigenvalue weighted by molar-refractivity contribution is 0.101. The molecule has 5 nitrogen and oxygen atoms in total. The van der Waals surface area contributed by atoms with Gasteiger partial charge in [0.25, 0.3) is 0 Å². The molecular formula is C14H12N4O. The molecule has 2 aromatic heterocycles. The Morgan fingerprint density at radius 3 is 3.00 bits per heavy atom. The molecule has 0 aliphatic heterocycles. The highest BCUT2D eigenvalue weighted by atomic mass is 16.1. The number of H-pyrrole nitrogens is 1. The monoisotopic (exact) mass is 252 g/mol. The van der Waals surface area contributed by atoms with Crippen LogP contribution < -0.4 is 5.32 Å². The van der Waals surface area contributed by atoms with Gasteiger partial charge >= 0.3 is 0 Å². The fraction of sp³-hybridized carbons (Fsp3) is 0.0714. The average Bonchev–Trinajstić information content (AvgIpc) is 2.88. The summed E-state index contributed by atoms with van der Waals surface area (Å²) >= 11 is 0. The summed E-state index contributed by atoms with van der Waals surface area (Å²) in [6.07, 6.45) is 3.31. The van der Waals surface area contributed by atoms with Crippen molar-refractivity contribution in [3.63, 3.8) is 0 Å². The molecule has 0 radical (unpaired) electrons. The molecule has 94 valence electrons. The number of fused-ring (bicyclic) bond motifs is 1. The Morgan fingerprint density at radius 1 is 1.26 bits per heavy atom. The first-order valence-electron chi connectivity index (χ1n) is 5.90. The van der Waals surface area contributed by atoms with Crippen LogP contribution in [0.4, 0.5) is 11.5 Å². The van der Waals surface area contributed by atoms with Crippen molar-refractivity contribution in [3.05, 3.63) is 48.4 Å². The number of ketones is 1. The zero-order valence-electron chi connectivity index (χ0n) is 10.3. The Morgan fingerprint density at radius 2 is 2.16 bits per heavy atom. The van der Waals surface area contributed by atoms with Gasteiger partial charge in [-0.15, -0.1) is 0 Å².